The molecule has 6 nitrogen and oxygen atoms in total. The summed E-state index contributed by atoms with van der Waals surface area (Å²) in [6.45, 7) is 3.04. The molecule has 1 atom stereocenters. The molecule has 1 aliphatic carbocycles. The SMILES string of the molecule is Cc1c(N2CCC(N)C2)c(F)cn2c(=O)c(C(=O)O)cc(C3CC3)c12.Cl. The van der Waals surface area contributed by atoms with Crippen molar-refractivity contribution in [3.05, 3.63) is 45.1 Å². The maximum absolute atomic E-state index is 14.8. The molecule has 2 aromatic rings. The molecule has 0 spiro atoms. The number of nitrogens with two attached hydrogens (primary N) is 1. The number of carboxylic acids is 1. The molecular formula is C18H21ClFN3O3. The third-order valence-corrected chi connectivity index (χ3v) is 5.23. The molecule has 2 fully saturated rings. The molecule has 1 aliphatic heterocycles. The van der Waals surface area contributed by atoms with Crippen molar-refractivity contribution in [1.82, 2.24) is 4.40 Å². The summed E-state index contributed by atoms with van der Waals surface area (Å²) in [6, 6.07) is 1.48. The van der Waals surface area contributed by atoms with Gasteiger partial charge in [-0.2, -0.15) is 0 Å². The molecule has 8 heteroatoms. The zero-order chi connectivity index (χ0) is 17.9. The summed E-state index contributed by atoms with van der Waals surface area (Å²) < 4.78 is 16.0. The van der Waals surface area contributed by atoms with Crippen molar-refractivity contribution in [3.63, 3.8) is 0 Å². The van der Waals surface area contributed by atoms with E-state index in [9.17, 15) is 19.1 Å². The number of halogens is 2. The zero-order valence-corrected chi connectivity index (χ0v) is 15.2. The average molecular weight is 382 g/mol. The Hall–Kier alpha value is -2.12. The van der Waals surface area contributed by atoms with Crippen molar-refractivity contribution in [3.8, 4) is 0 Å². The third-order valence-electron chi connectivity index (χ3n) is 5.23. The minimum absolute atomic E-state index is 0. The Bertz CT molecular complexity index is 955. The number of aromatic carboxylic acids is 1. The van der Waals surface area contributed by atoms with Crippen molar-refractivity contribution < 1.29 is 14.3 Å². The van der Waals surface area contributed by atoms with Crippen LogP contribution in [0.25, 0.3) is 5.52 Å². The molecule has 3 heterocycles. The summed E-state index contributed by atoms with van der Waals surface area (Å²) >= 11 is 0. The molecule has 1 saturated heterocycles. The molecule has 2 aliphatic rings. The monoisotopic (exact) mass is 381 g/mol. The lowest BCUT2D eigenvalue weighted by molar-refractivity contribution is 0.0694. The molecule has 4 rings (SSSR count). The van der Waals surface area contributed by atoms with Crippen LogP contribution in [0.3, 0.4) is 0 Å². The highest BCUT2D eigenvalue weighted by Crippen LogP contribution is 2.44. The van der Waals surface area contributed by atoms with E-state index in [1.807, 2.05) is 4.90 Å². The van der Waals surface area contributed by atoms with Gasteiger partial charge < -0.3 is 15.7 Å². The molecule has 3 N–H and O–H groups in total. The fraction of sp³-hybridized carbons (Fsp3) is 0.444. The highest BCUT2D eigenvalue weighted by molar-refractivity contribution is 5.89. The zero-order valence-electron chi connectivity index (χ0n) is 14.4. The van der Waals surface area contributed by atoms with E-state index < -0.39 is 17.3 Å². The summed E-state index contributed by atoms with van der Waals surface area (Å²) in [7, 11) is 0. The maximum atomic E-state index is 14.8. The molecule has 0 bridgehead atoms. The number of rotatable bonds is 3. The van der Waals surface area contributed by atoms with Gasteiger partial charge in [0, 0.05) is 19.1 Å². The Morgan fingerprint density at radius 2 is 2.04 bits per heavy atom. The van der Waals surface area contributed by atoms with Crippen molar-refractivity contribution in [1.29, 1.82) is 0 Å². The molecule has 0 amide bonds. The average Bonchev–Trinajstić information content (AvgIpc) is 3.30. The smallest absolute Gasteiger partial charge is 0.341 e. The second kappa shape index (κ2) is 6.55. The van der Waals surface area contributed by atoms with E-state index in [2.05, 4.69) is 0 Å². The Kier molecular flexibility index (Phi) is 4.71. The van der Waals surface area contributed by atoms with E-state index >= 15 is 0 Å². The number of hydrogen-bond acceptors (Lipinski definition) is 4. The van der Waals surface area contributed by atoms with E-state index in [4.69, 9.17) is 5.73 Å². The van der Waals surface area contributed by atoms with Gasteiger partial charge in [-0.05, 0) is 49.3 Å². The Morgan fingerprint density at radius 3 is 2.58 bits per heavy atom. The Morgan fingerprint density at radius 1 is 1.35 bits per heavy atom. The third kappa shape index (κ3) is 2.85. The second-order valence-corrected chi connectivity index (χ2v) is 7.06. The van der Waals surface area contributed by atoms with Gasteiger partial charge >= 0.3 is 5.97 Å². The summed E-state index contributed by atoms with van der Waals surface area (Å²) in [4.78, 5) is 25.9. The van der Waals surface area contributed by atoms with Crippen LogP contribution in [-0.2, 0) is 0 Å². The van der Waals surface area contributed by atoms with E-state index in [0.29, 0.717) is 29.9 Å². The van der Waals surface area contributed by atoms with Gasteiger partial charge in [0.05, 0.1) is 17.4 Å². The van der Waals surface area contributed by atoms with Crippen LogP contribution in [0.2, 0.25) is 0 Å². The number of aryl methyl sites for hydroxylation is 1. The molecular weight excluding hydrogens is 361 g/mol. The molecule has 0 aromatic carbocycles. The number of anilines is 1. The Balaban J connectivity index is 0.00000196. The van der Waals surface area contributed by atoms with Crippen LogP contribution >= 0.6 is 12.4 Å². The van der Waals surface area contributed by atoms with Gasteiger partial charge in [0.25, 0.3) is 5.56 Å². The summed E-state index contributed by atoms with van der Waals surface area (Å²) in [5, 5.41) is 9.32. The number of hydrogen-bond donors (Lipinski definition) is 2. The quantitative estimate of drug-likeness (QED) is 0.851. The van der Waals surface area contributed by atoms with Gasteiger partial charge in [-0.25, -0.2) is 9.18 Å². The van der Waals surface area contributed by atoms with Crippen LogP contribution in [-0.4, -0.2) is 34.6 Å². The van der Waals surface area contributed by atoms with Crippen LogP contribution in [0.4, 0.5) is 10.1 Å². The van der Waals surface area contributed by atoms with Crippen LogP contribution < -0.4 is 16.2 Å². The lowest BCUT2D eigenvalue weighted by atomic mass is 10.0. The standard InChI is InChI=1S/C18H20FN3O3.ClH/c1-9-15-12(10-2-3-10)6-13(18(24)25)17(23)22(15)8-14(19)16(9)21-5-4-11(20)7-21;/h6,8,10-11H,2-5,7,20H2,1H3,(H,24,25);1H. The van der Waals surface area contributed by atoms with Gasteiger partial charge in [0.2, 0.25) is 0 Å². The van der Waals surface area contributed by atoms with Crippen LogP contribution in [0, 0.1) is 12.7 Å². The number of pyridine rings is 2. The van der Waals surface area contributed by atoms with Gasteiger partial charge in [0.1, 0.15) is 5.56 Å². The largest absolute Gasteiger partial charge is 0.477 e. The molecule has 1 saturated carbocycles. The first kappa shape index (κ1) is 18.7. The van der Waals surface area contributed by atoms with Crippen LogP contribution in [0.5, 0.6) is 0 Å². The molecule has 26 heavy (non-hydrogen) atoms. The van der Waals surface area contributed by atoms with Crippen molar-refractivity contribution in [2.45, 2.75) is 38.1 Å². The van der Waals surface area contributed by atoms with Crippen LogP contribution in [0.1, 0.15) is 46.7 Å². The Labute approximate surface area is 155 Å². The summed E-state index contributed by atoms with van der Waals surface area (Å²) in [6.07, 6.45) is 3.83. The van der Waals surface area contributed by atoms with Gasteiger partial charge in [-0.15, -0.1) is 12.4 Å². The minimum atomic E-state index is -1.28. The molecule has 1 unspecified atom stereocenters. The molecule has 140 valence electrons. The topological polar surface area (TPSA) is 88.0 Å². The number of carbonyl (C=O) groups is 1. The fourth-order valence-electron chi connectivity index (χ4n) is 3.88. The predicted octanol–water partition coefficient (Wildman–Crippen LogP) is 2.28. The number of aromatic nitrogens is 1. The lowest BCUT2D eigenvalue weighted by Gasteiger charge is -2.23. The number of nitrogens with zero attached hydrogens (tertiary/aromatic N) is 2. The summed E-state index contributed by atoms with van der Waals surface area (Å²) in [5.41, 5.74) is 7.54. The normalized spacial score (nSPS) is 19.7. The van der Waals surface area contributed by atoms with E-state index in [1.54, 1.807) is 6.92 Å². The highest BCUT2D eigenvalue weighted by Gasteiger charge is 2.31. The van der Waals surface area contributed by atoms with E-state index in [1.165, 1.54) is 10.5 Å². The first-order valence-electron chi connectivity index (χ1n) is 8.50. The van der Waals surface area contributed by atoms with Crippen molar-refractivity contribution in [2.75, 3.05) is 18.0 Å². The first-order valence-corrected chi connectivity index (χ1v) is 8.50. The van der Waals surface area contributed by atoms with E-state index in [0.717, 1.165) is 31.0 Å². The van der Waals surface area contributed by atoms with Crippen molar-refractivity contribution in [2.24, 2.45) is 5.73 Å². The lowest BCUT2D eigenvalue weighted by Crippen LogP contribution is -2.29. The minimum Gasteiger partial charge on any atom is -0.477 e. The van der Waals surface area contributed by atoms with Crippen LogP contribution in [0.15, 0.2) is 17.1 Å². The number of fused-ring (bicyclic) bond motifs is 1. The summed E-state index contributed by atoms with van der Waals surface area (Å²) in [5.74, 6) is -1.58. The highest BCUT2D eigenvalue weighted by atomic mass is 35.5. The second-order valence-electron chi connectivity index (χ2n) is 7.06. The number of carboxylic acid groups (broad SMARTS) is 1. The van der Waals surface area contributed by atoms with Gasteiger partial charge in [0.15, 0.2) is 5.82 Å². The first-order chi connectivity index (χ1) is 11.9. The maximum Gasteiger partial charge on any atom is 0.341 e. The predicted molar refractivity (Wildman–Crippen MR) is 99.3 cm³/mol. The van der Waals surface area contributed by atoms with Gasteiger partial charge in [-0.3, -0.25) is 9.20 Å². The van der Waals surface area contributed by atoms with Crippen molar-refractivity contribution >= 4 is 29.6 Å². The van der Waals surface area contributed by atoms with E-state index in [-0.39, 0.29) is 29.9 Å². The van der Waals surface area contributed by atoms with Gasteiger partial charge in [-0.1, -0.05) is 0 Å². The fourth-order valence-corrected chi connectivity index (χ4v) is 3.88. The molecule has 2 aromatic heterocycles. The molecule has 0 radical (unpaired) electrons.